The number of aromatic nitrogens is 2. The average molecular weight is 278 g/mol. The summed E-state index contributed by atoms with van der Waals surface area (Å²) in [5, 5.41) is 13.9. The van der Waals surface area contributed by atoms with E-state index in [1.165, 1.54) is 0 Å². The number of nitrogens with zero attached hydrogens (tertiary/aromatic N) is 2. The predicted octanol–water partition coefficient (Wildman–Crippen LogP) is 3.55. The molecule has 2 aromatic carbocycles. The molecule has 4 heteroatoms. The molecule has 3 rings (SSSR count). The molecule has 0 bridgehead atoms. The quantitative estimate of drug-likeness (QED) is 0.797. The molecule has 0 fully saturated rings. The Bertz CT molecular complexity index is 792. The topological polar surface area (TPSA) is 55.1 Å². The summed E-state index contributed by atoms with van der Waals surface area (Å²) in [4.78, 5) is 11.5. The van der Waals surface area contributed by atoms with Crippen LogP contribution in [-0.4, -0.2) is 20.9 Å². The minimum atomic E-state index is -0.976. The van der Waals surface area contributed by atoms with Gasteiger partial charge in [0.25, 0.3) is 0 Å². The number of benzene rings is 2. The Labute approximate surface area is 122 Å². The molecule has 0 unspecified atom stereocenters. The van der Waals surface area contributed by atoms with Crippen molar-refractivity contribution in [3.05, 3.63) is 71.9 Å². The van der Waals surface area contributed by atoms with Crippen molar-refractivity contribution in [2.45, 2.75) is 6.92 Å². The third-order valence-electron chi connectivity index (χ3n) is 3.37. The van der Waals surface area contributed by atoms with Crippen LogP contribution in [0.15, 0.2) is 60.8 Å². The van der Waals surface area contributed by atoms with Crippen LogP contribution in [0.2, 0.25) is 0 Å². The fourth-order valence-corrected chi connectivity index (χ4v) is 2.28. The zero-order valence-corrected chi connectivity index (χ0v) is 11.5. The van der Waals surface area contributed by atoms with Gasteiger partial charge >= 0.3 is 5.97 Å². The van der Waals surface area contributed by atoms with Crippen molar-refractivity contribution in [1.29, 1.82) is 0 Å². The third-order valence-corrected chi connectivity index (χ3v) is 3.37. The molecule has 0 spiro atoms. The van der Waals surface area contributed by atoms with Gasteiger partial charge in [0.05, 0.1) is 5.69 Å². The summed E-state index contributed by atoms with van der Waals surface area (Å²) in [5.41, 5.74) is 3.36. The monoisotopic (exact) mass is 278 g/mol. The summed E-state index contributed by atoms with van der Waals surface area (Å²) in [6.07, 6.45) is 1.56. The van der Waals surface area contributed by atoms with Crippen LogP contribution in [0.1, 0.15) is 15.9 Å². The maximum absolute atomic E-state index is 11.5. The van der Waals surface area contributed by atoms with Gasteiger partial charge < -0.3 is 5.11 Å². The van der Waals surface area contributed by atoms with Crippen LogP contribution in [0.5, 0.6) is 0 Å². The first kappa shape index (κ1) is 13.1. The number of hydrogen-bond donors (Lipinski definition) is 1. The van der Waals surface area contributed by atoms with Gasteiger partial charge in [-0.1, -0.05) is 42.5 Å². The van der Waals surface area contributed by atoms with Gasteiger partial charge in [0.15, 0.2) is 0 Å². The van der Waals surface area contributed by atoms with E-state index in [0.29, 0.717) is 5.69 Å². The highest BCUT2D eigenvalue weighted by molar-refractivity contribution is 5.95. The molecule has 1 N–H and O–H groups in total. The molecule has 0 aliphatic heterocycles. The van der Waals surface area contributed by atoms with Crippen molar-refractivity contribution in [1.82, 2.24) is 9.78 Å². The summed E-state index contributed by atoms with van der Waals surface area (Å²) in [7, 11) is 0. The number of rotatable bonds is 3. The van der Waals surface area contributed by atoms with E-state index in [1.54, 1.807) is 10.9 Å². The molecule has 1 heterocycles. The molecule has 1 aromatic heterocycles. The average Bonchev–Trinajstić information content (AvgIpc) is 2.94. The summed E-state index contributed by atoms with van der Waals surface area (Å²) >= 11 is 0. The molecule has 0 saturated heterocycles. The lowest BCUT2D eigenvalue weighted by Crippen LogP contribution is -1.97. The maximum Gasteiger partial charge on any atom is 0.339 e. The minimum Gasteiger partial charge on any atom is -0.478 e. The van der Waals surface area contributed by atoms with Crippen LogP contribution in [0.3, 0.4) is 0 Å². The lowest BCUT2D eigenvalue weighted by molar-refractivity contribution is 0.0697. The molecule has 0 amide bonds. The summed E-state index contributed by atoms with van der Waals surface area (Å²) in [6.45, 7) is 1.95. The first-order chi connectivity index (χ1) is 10.2. The van der Waals surface area contributed by atoms with Gasteiger partial charge in [-0.05, 0) is 24.6 Å². The molecule has 21 heavy (non-hydrogen) atoms. The van der Waals surface area contributed by atoms with Crippen LogP contribution in [0.4, 0.5) is 0 Å². The summed E-state index contributed by atoms with van der Waals surface area (Å²) in [6, 6.07) is 17.1. The van der Waals surface area contributed by atoms with E-state index >= 15 is 0 Å². The van der Waals surface area contributed by atoms with Gasteiger partial charge in [0.1, 0.15) is 11.3 Å². The van der Waals surface area contributed by atoms with Crippen molar-refractivity contribution in [2.24, 2.45) is 0 Å². The van der Waals surface area contributed by atoms with Crippen molar-refractivity contribution >= 4 is 5.97 Å². The molecule has 0 aliphatic carbocycles. The van der Waals surface area contributed by atoms with Crippen LogP contribution in [-0.2, 0) is 0 Å². The van der Waals surface area contributed by atoms with Gasteiger partial charge in [-0.3, -0.25) is 0 Å². The SMILES string of the molecule is Cc1ccccc1-c1nn(-c2ccccc2)cc1C(=O)O. The zero-order chi connectivity index (χ0) is 14.8. The van der Waals surface area contributed by atoms with E-state index in [9.17, 15) is 9.90 Å². The normalized spacial score (nSPS) is 10.5. The van der Waals surface area contributed by atoms with Crippen LogP contribution < -0.4 is 0 Å². The Balaban J connectivity index is 2.19. The Hall–Kier alpha value is -2.88. The largest absolute Gasteiger partial charge is 0.478 e. The number of carboxylic acids is 1. The second-order valence-electron chi connectivity index (χ2n) is 4.79. The molecule has 104 valence electrons. The zero-order valence-electron chi connectivity index (χ0n) is 11.5. The summed E-state index contributed by atoms with van der Waals surface area (Å²) in [5.74, 6) is -0.976. The van der Waals surface area contributed by atoms with Gasteiger partial charge in [0, 0.05) is 11.8 Å². The molecule has 0 radical (unpaired) electrons. The molecular weight excluding hydrogens is 264 g/mol. The number of para-hydroxylation sites is 1. The second-order valence-corrected chi connectivity index (χ2v) is 4.79. The van der Waals surface area contributed by atoms with Crippen LogP contribution in [0, 0.1) is 6.92 Å². The highest BCUT2D eigenvalue weighted by Crippen LogP contribution is 2.26. The smallest absolute Gasteiger partial charge is 0.339 e. The Morgan fingerprint density at radius 3 is 2.38 bits per heavy atom. The van der Waals surface area contributed by atoms with E-state index in [4.69, 9.17) is 0 Å². The van der Waals surface area contributed by atoms with Gasteiger partial charge in [0.2, 0.25) is 0 Å². The molecule has 4 nitrogen and oxygen atoms in total. The fraction of sp³-hybridized carbons (Fsp3) is 0.0588. The molecule has 0 aliphatic rings. The minimum absolute atomic E-state index is 0.202. The van der Waals surface area contributed by atoms with E-state index < -0.39 is 5.97 Å². The van der Waals surface area contributed by atoms with E-state index in [-0.39, 0.29) is 5.56 Å². The lowest BCUT2D eigenvalue weighted by atomic mass is 10.0. The van der Waals surface area contributed by atoms with Gasteiger partial charge in [-0.15, -0.1) is 0 Å². The van der Waals surface area contributed by atoms with E-state index in [2.05, 4.69) is 5.10 Å². The molecular formula is C17H14N2O2. The highest BCUT2D eigenvalue weighted by Gasteiger charge is 2.18. The predicted molar refractivity (Wildman–Crippen MR) is 80.7 cm³/mol. The van der Waals surface area contributed by atoms with Gasteiger partial charge in [-0.2, -0.15) is 5.10 Å². The molecule has 3 aromatic rings. The number of carboxylic acid groups (broad SMARTS) is 1. The molecule has 0 saturated carbocycles. The van der Waals surface area contributed by atoms with Crippen molar-refractivity contribution < 1.29 is 9.90 Å². The lowest BCUT2D eigenvalue weighted by Gasteiger charge is -2.03. The standard InChI is InChI=1S/C17H14N2O2/c1-12-7-5-6-10-14(12)16-15(17(20)21)11-19(18-16)13-8-3-2-4-9-13/h2-11H,1H3,(H,20,21). The number of aromatic carboxylic acids is 1. The first-order valence-electron chi connectivity index (χ1n) is 6.61. The number of hydrogen-bond acceptors (Lipinski definition) is 2. The Kier molecular flexibility index (Phi) is 3.28. The van der Waals surface area contributed by atoms with Crippen molar-refractivity contribution in [2.75, 3.05) is 0 Å². The first-order valence-corrected chi connectivity index (χ1v) is 6.61. The highest BCUT2D eigenvalue weighted by atomic mass is 16.4. The number of carbonyl (C=O) groups is 1. The third kappa shape index (κ3) is 2.43. The Morgan fingerprint density at radius 2 is 1.71 bits per heavy atom. The summed E-state index contributed by atoms with van der Waals surface area (Å²) < 4.78 is 1.60. The van der Waals surface area contributed by atoms with E-state index in [1.807, 2.05) is 61.5 Å². The maximum atomic E-state index is 11.5. The van der Waals surface area contributed by atoms with E-state index in [0.717, 1.165) is 16.8 Å². The van der Waals surface area contributed by atoms with Crippen LogP contribution in [0.25, 0.3) is 16.9 Å². The molecule has 0 atom stereocenters. The number of aryl methyl sites for hydroxylation is 1. The second kappa shape index (κ2) is 5.25. The van der Waals surface area contributed by atoms with Crippen molar-refractivity contribution in [3.63, 3.8) is 0 Å². The Morgan fingerprint density at radius 1 is 1.05 bits per heavy atom. The van der Waals surface area contributed by atoms with Crippen LogP contribution >= 0.6 is 0 Å². The fourth-order valence-electron chi connectivity index (χ4n) is 2.28. The van der Waals surface area contributed by atoms with Crippen molar-refractivity contribution in [3.8, 4) is 16.9 Å². The van der Waals surface area contributed by atoms with Gasteiger partial charge in [-0.25, -0.2) is 9.48 Å².